The third-order valence-electron chi connectivity index (χ3n) is 3.88. The molecule has 2 N–H and O–H groups in total. The molecule has 0 atom stereocenters. The Balaban J connectivity index is 1.81. The lowest BCUT2D eigenvalue weighted by molar-refractivity contribution is -0.143. The first kappa shape index (κ1) is 21.6. The highest BCUT2D eigenvalue weighted by molar-refractivity contribution is 7.09. The number of alkyl halides is 6. The van der Waals surface area contributed by atoms with Gasteiger partial charge in [0.2, 0.25) is 0 Å². The SMILES string of the molecule is Cc1nc(-c2cccc(NC(=O)Nc3cc(C(F)(F)F)cc(C(F)(F)F)c3)c2)cs1. The number of nitrogens with one attached hydrogen (secondary N) is 2. The van der Waals surface area contributed by atoms with E-state index >= 15 is 0 Å². The molecule has 0 saturated carbocycles. The largest absolute Gasteiger partial charge is 0.416 e. The number of hydrogen-bond donors (Lipinski definition) is 2. The number of carbonyl (C=O) groups is 1. The van der Waals surface area contributed by atoms with Gasteiger partial charge in [-0.3, -0.25) is 0 Å². The summed E-state index contributed by atoms with van der Waals surface area (Å²) in [6, 6.07) is 6.35. The number of nitrogens with zero attached hydrogens (tertiary/aromatic N) is 1. The molecule has 30 heavy (non-hydrogen) atoms. The van der Waals surface area contributed by atoms with E-state index in [-0.39, 0.29) is 6.07 Å². The van der Waals surface area contributed by atoms with Crippen molar-refractivity contribution in [2.45, 2.75) is 19.3 Å². The average Bonchev–Trinajstić information content (AvgIpc) is 3.06. The molecule has 158 valence electrons. The number of benzene rings is 2. The van der Waals surface area contributed by atoms with Crippen LogP contribution in [0, 0.1) is 6.92 Å². The van der Waals surface area contributed by atoms with Gasteiger partial charge in [0.25, 0.3) is 0 Å². The van der Waals surface area contributed by atoms with Gasteiger partial charge in [0.15, 0.2) is 0 Å². The molecule has 0 radical (unpaired) electrons. The molecule has 0 unspecified atom stereocenters. The fraction of sp³-hybridized carbons (Fsp3) is 0.158. The number of aromatic nitrogens is 1. The van der Waals surface area contributed by atoms with Crippen molar-refractivity contribution >= 4 is 28.7 Å². The van der Waals surface area contributed by atoms with Crippen LogP contribution < -0.4 is 10.6 Å². The van der Waals surface area contributed by atoms with Crippen LogP contribution in [0.3, 0.4) is 0 Å². The third-order valence-corrected chi connectivity index (χ3v) is 4.65. The third kappa shape index (κ3) is 5.29. The highest BCUT2D eigenvalue weighted by Crippen LogP contribution is 2.37. The van der Waals surface area contributed by atoms with E-state index in [1.165, 1.54) is 17.4 Å². The van der Waals surface area contributed by atoms with Gasteiger partial charge in [0.05, 0.1) is 21.8 Å². The van der Waals surface area contributed by atoms with Gasteiger partial charge in [-0.1, -0.05) is 12.1 Å². The summed E-state index contributed by atoms with van der Waals surface area (Å²) in [6.45, 7) is 1.83. The summed E-state index contributed by atoms with van der Waals surface area (Å²) in [7, 11) is 0. The first-order chi connectivity index (χ1) is 13.9. The summed E-state index contributed by atoms with van der Waals surface area (Å²) >= 11 is 1.43. The average molecular weight is 445 g/mol. The summed E-state index contributed by atoms with van der Waals surface area (Å²) in [5.41, 5.74) is -2.02. The van der Waals surface area contributed by atoms with Crippen LogP contribution in [0.1, 0.15) is 16.1 Å². The first-order valence-corrected chi connectivity index (χ1v) is 9.20. The Morgan fingerprint density at radius 2 is 1.50 bits per heavy atom. The number of rotatable bonds is 3. The molecule has 0 aliphatic carbocycles. The molecule has 3 aromatic rings. The van der Waals surface area contributed by atoms with Gasteiger partial charge >= 0.3 is 18.4 Å². The lowest BCUT2D eigenvalue weighted by atomic mass is 10.1. The standard InChI is InChI=1S/C19H13F6N3OS/c1-10-26-16(9-30-10)11-3-2-4-14(5-11)27-17(29)28-15-7-12(18(20,21)22)6-13(8-15)19(23,24)25/h2-9H,1H3,(H2,27,28,29). The van der Waals surface area contributed by atoms with Crippen LogP contribution in [0.5, 0.6) is 0 Å². The van der Waals surface area contributed by atoms with E-state index in [0.29, 0.717) is 29.1 Å². The molecular formula is C19H13F6N3OS. The second-order valence-corrected chi connectivity index (χ2v) is 7.27. The summed E-state index contributed by atoms with van der Waals surface area (Å²) < 4.78 is 77.6. The molecule has 4 nitrogen and oxygen atoms in total. The van der Waals surface area contributed by atoms with Crippen LogP contribution in [0.4, 0.5) is 42.5 Å². The van der Waals surface area contributed by atoms with Crippen LogP contribution in [0.15, 0.2) is 47.8 Å². The number of carbonyl (C=O) groups excluding carboxylic acids is 1. The molecule has 11 heteroatoms. The lowest BCUT2D eigenvalue weighted by Crippen LogP contribution is -2.20. The van der Waals surface area contributed by atoms with Crippen LogP contribution in [0.25, 0.3) is 11.3 Å². The molecule has 0 saturated heterocycles. The number of halogens is 6. The van der Waals surface area contributed by atoms with Crippen LogP contribution in [-0.2, 0) is 12.4 Å². The number of urea groups is 1. The minimum absolute atomic E-state index is 0.0115. The lowest BCUT2D eigenvalue weighted by Gasteiger charge is -2.15. The predicted molar refractivity (Wildman–Crippen MR) is 101 cm³/mol. The topological polar surface area (TPSA) is 54.0 Å². The maximum absolute atomic E-state index is 12.9. The first-order valence-electron chi connectivity index (χ1n) is 8.32. The summed E-state index contributed by atoms with van der Waals surface area (Å²) in [5.74, 6) is 0. The van der Waals surface area contributed by atoms with Gasteiger partial charge in [-0.05, 0) is 37.3 Å². The van der Waals surface area contributed by atoms with Gasteiger partial charge in [0, 0.05) is 22.3 Å². The fourth-order valence-electron chi connectivity index (χ4n) is 2.57. The van der Waals surface area contributed by atoms with Crippen molar-refractivity contribution in [3.63, 3.8) is 0 Å². The second kappa shape index (κ2) is 7.98. The van der Waals surface area contributed by atoms with Crippen molar-refractivity contribution in [1.29, 1.82) is 0 Å². The zero-order chi connectivity index (χ0) is 22.1. The Kier molecular flexibility index (Phi) is 5.75. The Morgan fingerprint density at radius 3 is 2.03 bits per heavy atom. The molecule has 3 rings (SSSR count). The van der Waals surface area contributed by atoms with Crippen molar-refractivity contribution in [3.8, 4) is 11.3 Å². The maximum Gasteiger partial charge on any atom is 0.416 e. The molecule has 0 aliphatic heterocycles. The summed E-state index contributed by atoms with van der Waals surface area (Å²) in [5, 5.41) is 7.06. The van der Waals surface area contributed by atoms with E-state index < -0.39 is 35.2 Å². The Bertz CT molecular complexity index is 1040. The predicted octanol–water partition coefficient (Wildman–Crippen LogP) is 6.80. The Labute approximate surface area is 170 Å². The Hall–Kier alpha value is -3.08. The number of hydrogen-bond acceptors (Lipinski definition) is 3. The van der Waals surface area contributed by atoms with E-state index in [1.54, 1.807) is 18.2 Å². The monoisotopic (exact) mass is 445 g/mol. The molecule has 0 spiro atoms. The number of thiazole rings is 1. The smallest absolute Gasteiger partial charge is 0.308 e. The maximum atomic E-state index is 12.9. The second-order valence-electron chi connectivity index (χ2n) is 6.21. The minimum Gasteiger partial charge on any atom is -0.308 e. The van der Waals surface area contributed by atoms with Gasteiger partial charge in [-0.15, -0.1) is 11.3 Å². The highest BCUT2D eigenvalue weighted by atomic mass is 32.1. The molecule has 0 bridgehead atoms. The molecule has 1 aromatic heterocycles. The van der Waals surface area contributed by atoms with E-state index in [9.17, 15) is 31.1 Å². The van der Waals surface area contributed by atoms with Gasteiger partial charge in [-0.2, -0.15) is 26.3 Å². The van der Waals surface area contributed by atoms with Crippen LogP contribution in [0.2, 0.25) is 0 Å². The van der Waals surface area contributed by atoms with E-state index in [0.717, 1.165) is 5.01 Å². The molecule has 2 amide bonds. The molecular weight excluding hydrogens is 432 g/mol. The molecule has 2 aromatic carbocycles. The molecule has 1 heterocycles. The van der Waals surface area contributed by atoms with Crippen LogP contribution in [-0.4, -0.2) is 11.0 Å². The van der Waals surface area contributed by atoms with Gasteiger partial charge in [-0.25, -0.2) is 9.78 Å². The minimum atomic E-state index is -5.01. The number of aryl methyl sites for hydroxylation is 1. The zero-order valence-corrected chi connectivity index (χ0v) is 16.0. The van der Waals surface area contributed by atoms with Crippen molar-refractivity contribution in [1.82, 2.24) is 4.98 Å². The van der Waals surface area contributed by atoms with E-state index in [4.69, 9.17) is 0 Å². The van der Waals surface area contributed by atoms with Crippen molar-refractivity contribution < 1.29 is 31.1 Å². The normalized spacial score (nSPS) is 12.0. The molecule has 0 aliphatic rings. The van der Waals surface area contributed by atoms with Crippen molar-refractivity contribution in [2.24, 2.45) is 0 Å². The van der Waals surface area contributed by atoms with E-state index in [1.807, 2.05) is 17.6 Å². The van der Waals surface area contributed by atoms with Crippen LogP contribution >= 0.6 is 11.3 Å². The summed E-state index contributed by atoms with van der Waals surface area (Å²) in [4.78, 5) is 16.5. The molecule has 0 fully saturated rings. The number of anilines is 2. The zero-order valence-electron chi connectivity index (χ0n) is 15.2. The quantitative estimate of drug-likeness (QED) is 0.436. The van der Waals surface area contributed by atoms with Gasteiger partial charge in [0.1, 0.15) is 0 Å². The van der Waals surface area contributed by atoms with Crippen molar-refractivity contribution in [3.05, 3.63) is 64.0 Å². The Morgan fingerprint density at radius 1 is 0.900 bits per heavy atom. The summed E-state index contributed by atoms with van der Waals surface area (Å²) in [6.07, 6.45) is -10.0. The fourth-order valence-corrected chi connectivity index (χ4v) is 3.19. The van der Waals surface area contributed by atoms with Gasteiger partial charge < -0.3 is 10.6 Å². The van der Waals surface area contributed by atoms with E-state index in [2.05, 4.69) is 10.3 Å². The van der Waals surface area contributed by atoms with Crippen molar-refractivity contribution in [2.75, 3.05) is 10.6 Å². The highest BCUT2D eigenvalue weighted by Gasteiger charge is 2.37. The number of amides is 2.